The van der Waals surface area contributed by atoms with E-state index in [2.05, 4.69) is 88.8 Å². The van der Waals surface area contributed by atoms with Crippen molar-refractivity contribution in [3.8, 4) is 11.3 Å². The monoisotopic (exact) mass is 466 g/mol. The van der Waals surface area contributed by atoms with Crippen molar-refractivity contribution in [2.75, 3.05) is 0 Å². The molecule has 2 heteroatoms. The van der Waals surface area contributed by atoms with E-state index in [1.165, 1.54) is 83.7 Å². The van der Waals surface area contributed by atoms with Crippen LogP contribution in [0, 0.1) is 6.92 Å². The van der Waals surface area contributed by atoms with Crippen molar-refractivity contribution >= 4 is 21.9 Å². The number of nitrogens with zero attached hydrogens (tertiary/aromatic N) is 1. The van der Waals surface area contributed by atoms with Gasteiger partial charge in [0.15, 0.2) is 6.20 Å². The third-order valence-corrected chi connectivity index (χ3v) is 9.31. The molecule has 2 aliphatic rings. The zero-order valence-corrected chi connectivity index (χ0v) is 22.4. The molecular weight excluding hydrogens is 426 g/mol. The van der Waals surface area contributed by atoms with Gasteiger partial charge in [0.1, 0.15) is 18.2 Å². The van der Waals surface area contributed by atoms with Crippen LogP contribution in [0.25, 0.3) is 33.2 Å². The maximum absolute atomic E-state index is 6.77. The molecule has 0 aliphatic heterocycles. The van der Waals surface area contributed by atoms with E-state index < -0.39 is 0 Å². The average Bonchev–Trinajstić information content (AvgIpc) is 3.21. The summed E-state index contributed by atoms with van der Waals surface area (Å²) in [5.41, 5.74) is 10.9. The van der Waals surface area contributed by atoms with E-state index in [1.54, 1.807) is 5.56 Å². The van der Waals surface area contributed by atoms with Gasteiger partial charge in [0.2, 0.25) is 5.69 Å². The smallest absolute Gasteiger partial charge is 0.216 e. The second-order valence-electron chi connectivity index (χ2n) is 12.6. The third kappa shape index (κ3) is 3.47. The molecule has 2 aromatic carbocycles. The Balaban J connectivity index is 1.74. The number of furan rings is 1. The number of rotatable bonds is 2. The molecule has 1 fully saturated rings. The van der Waals surface area contributed by atoms with Crippen LogP contribution in [-0.2, 0) is 17.9 Å². The predicted octanol–water partition coefficient (Wildman–Crippen LogP) is 8.78. The topological polar surface area (TPSA) is 17.0 Å². The van der Waals surface area contributed by atoms with Gasteiger partial charge in [0.05, 0.1) is 5.56 Å². The van der Waals surface area contributed by atoms with E-state index in [0.717, 1.165) is 11.2 Å². The van der Waals surface area contributed by atoms with Gasteiger partial charge in [0, 0.05) is 22.9 Å². The van der Waals surface area contributed by atoms with Crippen molar-refractivity contribution in [3.63, 3.8) is 0 Å². The first-order valence-electron chi connectivity index (χ1n) is 13.7. The Morgan fingerprint density at radius 3 is 2.31 bits per heavy atom. The normalized spacial score (nSPS) is 19.8. The van der Waals surface area contributed by atoms with Crippen molar-refractivity contribution in [1.82, 2.24) is 0 Å². The first kappa shape index (κ1) is 22.8. The van der Waals surface area contributed by atoms with Gasteiger partial charge in [-0.15, -0.1) is 0 Å². The largest absolute Gasteiger partial charge is 0.455 e. The Hall–Kier alpha value is -2.61. The highest BCUT2D eigenvalue weighted by atomic mass is 16.3. The maximum Gasteiger partial charge on any atom is 0.216 e. The highest BCUT2D eigenvalue weighted by Crippen LogP contribution is 2.54. The van der Waals surface area contributed by atoms with Crippen LogP contribution in [0.15, 0.2) is 47.0 Å². The molecule has 0 radical (unpaired) electrons. The SMILES string of the molecule is Cc1c2c(c3c(oc4ccccc43)c1-c1cc(C3CCCCC3)cc[n+]1C)C(C)(C)CCC2(C)C. The molecule has 0 atom stereocenters. The number of hydrogen-bond donors (Lipinski definition) is 0. The Morgan fingerprint density at radius 2 is 1.57 bits per heavy atom. The van der Waals surface area contributed by atoms with E-state index in [0.29, 0.717) is 5.92 Å². The summed E-state index contributed by atoms with van der Waals surface area (Å²) in [6.07, 6.45) is 11.4. The van der Waals surface area contributed by atoms with Crippen LogP contribution in [0.1, 0.15) is 101 Å². The van der Waals surface area contributed by atoms with Gasteiger partial charge in [-0.3, -0.25) is 0 Å². The number of para-hydroxylation sites is 1. The van der Waals surface area contributed by atoms with Gasteiger partial charge in [0.25, 0.3) is 0 Å². The van der Waals surface area contributed by atoms with Crippen LogP contribution < -0.4 is 4.57 Å². The summed E-state index contributed by atoms with van der Waals surface area (Å²) in [6, 6.07) is 13.5. The summed E-state index contributed by atoms with van der Waals surface area (Å²) in [5, 5.41) is 2.61. The predicted molar refractivity (Wildman–Crippen MR) is 146 cm³/mol. The fourth-order valence-corrected chi connectivity index (χ4v) is 7.31. The van der Waals surface area contributed by atoms with Crippen molar-refractivity contribution in [3.05, 3.63) is 64.8 Å². The van der Waals surface area contributed by atoms with Gasteiger partial charge in [-0.25, -0.2) is 4.57 Å². The van der Waals surface area contributed by atoms with Gasteiger partial charge >= 0.3 is 0 Å². The summed E-state index contributed by atoms with van der Waals surface area (Å²) >= 11 is 0. The minimum atomic E-state index is 0.116. The zero-order chi connectivity index (χ0) is 24.5. The first-order valence-corrected chi connectivity index (χ1v) is 13.7. The molecule has 0 spiro atoms. The Morgan fingerprint density at radius 1 is 0.886 bits per heavy atom. The van der Waals surface area contributed by atoms with Crippen LogP contribution in [0.3, 0.4) is 0 Å². The molecular formula is C33H40NO+. The fourth-order valence-electron chi connectivity index (χ4n) is 7.31. The third-order valence-electron chi connectivity index (χ3n) is 9.31. The lowest BCUT2D eigenvalue weighted by Gasteiger charge is -2.43. The van der Waals surface area contributed by atoms with Crippen LogP contribution in [-0.4, -0.2) is 0 Å². The number of aromatic nitrogens is 1. The lowest BCUT2D eigenvalue weighted by atomic mass is 9.60. The van der Waals surface area contributed by atoms with E-state index in [4.69, 9.17) is 4.42 Å². The molecule has 2 nitrogen and oxygen atoms in total. The molecule has 2 aliphatic carbocycles. The van der Waals surface area contributed by atoms with Crippen LogP contribution in [0.5, 0.6) is 0 Å². The molecule has 182 valence electrons. The summed E-state index contributed by atoms with van der Waals surface area (Å²) < 4.78 is 9.09. The zero-order valence-electron chi connectivity index (χ0n) is 22.4. The molecule has 35 heavy (non-hydrogen) atoms. The summed E-state index contributed by atoms with van der Waals surface area (Å²) in [4.78, 5) is 0. The Labute approximate surface area is 210 Å². The molecule has 0 amide bonds. The minimum Gasteiger partial charge on any atom is -0.455 e. The summed E-state index contributed by atoms with van der Waals surface area (Å²) in [6.45, 7) is 12.1. The molecule has 0 N–H and O–H groups in total. The van der Waals surface area contributed by atoms with Crippen LogP contribution in [0.4, 0.5) is 0 Å². The standard InChI is InChI=1S/C33H40NO/c1-21-27(25-20-23(16-19-34(25)6)22-12-8-7-9-13-22)31-28(24-14-10-11-15-26(24)35-31)30-29(21)32(2,3)17-18-33(30,4)5/h10-11,14-16,19-20,22H,7-9,12-13,17-18H2,1-6H3/q+1. The minimum absolute atomic E-state index is 0.116. The molecule has 2 aromatic heterocycles. The molecule has 4 aromatic rings. The molecule has 0 bridgehead atoms. The highest BCUT2D eigenvalue weighted by molar-refractivity contribution is 6.12. The van der Waals surface area contributed by atoms with Gasteiger partial charge in [-0.2, -0.15) is 0 Å². The second kappa shape index (κ2) is 7.95. The van der Waals surface area contributed by atoms with Crippen molar-refractivity contribution < 1.29 is 8.98 Å². The molecule has 6 rings (SSSR count). The quantitative estimate of drug-likeness (QED) is 0.270. The van der Waals surface area contributed by atoms with Gasteiger partial charge in [-0.05, 0) is 77.7 Å². The fraction of sp³-hybridized carbons (Fsp3) is 0.485. The lowest BCUT2D eigenvalue weighted by molar-refractivity contribution is -0.660. The van der Waals surface area contributed by atoms with Crippen LogP contribution in [0.2, 0.25) is 0 Å². The van der Waals surface area contributed by atoms with Crippen LogP contribution >= 0.6 is 0 Å². The number of benzene rings is 2. The molecule has 0 unspecified atom stereocenters. The van der Waals surface area contributed by atoms with E-state index in [9.17, 15) is 0 Å². The van der Waals surface area contributed by atoms with E-state index >= 15 is 0 Å². The van der Waals surface area contributed by atoms with Crippen molar-refractivity contribution in [1.29, 1.82) is 0 Å². The maximum atomic E-state index is 6.77. The van der Waals surface area contributed by atoms with Crippen molar-refractivity contribution in [2.45, 2.75) is 96.3 Å². The van der Waals surface area contributed by atoms with E-state index in [-0.39, 0.29) is 10.8 Å². The van der Waals surface area contributed by atoms with E-state index in [1.807, 2.05) is 0 Å². The van der Waals surface area contributed by atoms with Gasteiger partial charge in [-0.1, -0.05) is 65.2 Å². The average molecular weight is 467 g/mol. The molecule has 1 saturated carbocycles. The highest BCUT2D eigenvalue weighted by Gasteiger charge is 2.42. The summed E-state index contributed by atoms with van der Waals surface area (Å²) in [7, 11) is 2.20. The number of fused-ring (bicyclic) bond motifs is 5. The number of hydrogen-bond acceptors (Lipinski definition) is 1. The Kier molecular flexibility index (Phi) is 5.18. The van der Waals surface area contributed by atoms with Gasteiger partial charge < -0.3 is 4.42 Å². The number of pyridine rings is 1. The number of aryl methyl sites for hydroxylation is 1. The lowest BCUT2D eigenvalue weighted by Crippen LogP contribution is -2.36. The first-order chi connectivity index (χ1) is 16.7. The summed E-state index contributed by atoms with van der Waals surface area (Å²) in [5.74, 6) is 0.683. The molecule has 2 heterocycles. The van der Waals surface area contributed by atoms with Crippen molar-refractivity contribution in [2.24, 2.45) is 7.05 Å². The Bertz CT molecular complexity index is 1450. The molecule has 0 saturated heterocycles. The second-order valence-corrected chi connectivity index (χ2v) is 12.6.